The number of methoxy groups -OCH3 is 2. The minimum Gasteiger partial charge on any atom is -0.493 e. The maximum Gasteiger partial charge on any atom is 0.435 e. The highest BCUT2D eigenvalue weighted by atomic mass is 32.1. The zero-order chi connectivity index (χ0) is 20.2. The van der Waals surface area contributed by atoms with Crippen LogP contribution in [0.5, 0.6) is 11.5 Å². The van der Waals surface area contributed by atoms with E-state index in [0.29, 0.717) is 17.1 Å². The number of ether oxygens (including phenoxy) is 3. The number of thiazole rings is 1. The van der Waals surface area contributed by atoms with Gasteiger partial charge in [0.2, 0.25) is 0 Å². The van der Waals surface area contributed by atoms with Gasteiger partial charge in [0.25, 0.3) is 5.91 Å². The predicted octanol–water partition coefficient (Wildman–Crippen LogP) is 3.61. The molecule has 2 aromatic rings. The first kappa shape index (κ1) is 20.5. The SMILES string of the molecule is CCOC(=O)c1sc(NC(=O)c2ccc(OC)c(OC)c2)nc1C(F)(F)F. The van der Waals surface area contributed by atoms with E-state index in [0.717, 1.165) is 0 Å². The number of rotatable bonds is 6. The van der Waals surface area contributed by atoms with Crippen LogP contribution in [0.2, 0.25) is 0 Å². The number of anilines is 1. The average molecular weight is 404 g/mol. The minimum atomic E-state index is -4.87. The molecule has 1 aromatic heterocycles. The smallest absolute Gasteiger partial charge is 0.435 e. The first-order chi connectivity index (χ1) is 12.7. The van der Waals surface area contributed by atoms with E-state index < -0.39 is 28.6 Å². The molecule has 0 fully saturated rings. The second-order valence-corrected chi connectivity index (χ2v) is 5.94. The fourth-order valence-corrected chi connectivity index (χ4v) is 2.92. The van der Waals surface area contributed by atoms with Gasteiger partial charge in [-0.3, -0.25) is 10.1 Å². The number of hydrogen-bond acceptors (Lipinski definition) is 7. The quantitative estimate of drug-likeness (QED) is 0.741. The lowest BCUT2D eigenvalue weighted by molar-refractivity contribution is -0.141. The van der Waals surface area contributed by atoms with Crippen LogP contribution in [0.4, 0.5) is 18.3 Å². The molecule has 0 spiro atoms. The van der Waals surface area contributed by atoms with E-state index in [-0.39, 0.29) is 23.1 Å². The third kappa shape index (κ3) is 4.67. The fourth-order valence-electron chi connectivity index (χ4n) is 2.05. The van der Waals surface area contributed by atoms with Crippen LogP contribution in [0.1, 0.15) is 32.6 Å². The molecule has 0 saturated heterocycles. The van der Waals surface area contributed by atoms with Crippen LogP contribution in [-0.2, 0) is 10.9 Å². The normalized spacial score (nSPS) is 11.0. The summed E-state index contributed by atoms with van der Waals surface area (Å²) in [5, 5.41) is 1.86. The van der Waals surface area contributed by atoms with Gasteiger partial charge in [-0.25, -0.2) is 9.78 Å². The molecule has 0 aliphatic heterocycles. The molecular formula is C16H15F3N2O5S. The number of amides is 1. The van der Waals surface area contributed by atoms with Gasteiger partial charge in [-0.2, -0.15) is 13.2 Å². The molecule has 1 heterocycles. The number of hydrogen-bond donors (Lipinski definition) is 1. The van der Waals surface area contributed by atoms with E-state index in [4.69, 9.17) is 9.47 Å². The first-order valence-corrected chi connectivity index (χ1v) is 8.31. The Morgan fingerprint density at radius 3 is 2.41 bits per heavy atom. The molecule has 0 aliphatic rings. The maximum absolute atomic E-state index is 13.1. The van der Waals surface area contributed by atoms with Gasteiger partial charge < -0.3 is 14.2 Å². The molecule has 1 aromatic carbocycles. The number of benzene rings is 1. The fraction of sp³-hybridized carbons (Fsp3) is 0.312. The Labute approximate surface area is 156 Å². The van der Waals surface area contributed by atoms with Crippen molar-refractivity contribution in [1.29, 1.82) is 0 Å². The van der Waals surface area contributed by atoms with E-state index in [9.17, 15) is 22.8 Å². The third-order valence-electron chi connectivity index (χ3n) is 3.22. The molecule has 0 aliphatic carbocycles. The van der Waals surface area contributed by atoms with E-state index >= 15 is 0 Å². The molecule has 0 unspecified atom stereocenters. The van der Waals surface area contributed by atoms with Crippen molar-refractivity contribution in [2.45, 2.75) is 13.1 Å². The summed E-state index contributed by atoms with van der Waals surface area (Å²) in [5.74, 6) is -1.23. The second-order valence-electron chi connectivity index (χ2n) is 4.94. The summed E-state index contributed by atoms with van der Waals surface area (Å²) >= 11 is 0.381. The number of carbonyl (C=O) groups is 2. The Morgan fingerprint density at radius 1 is 1.19 bits per heavy atom. The summed E-state index contributed by atoms with van der Waals surface area (Å²) in [4.78, 5) is 26.7. The zero-order valence-electron chi connectivity index (χ0n) is 14.5. The van der Waals surface area contributed by atoms with Crippen molar-refractivity contribution >= 4 is 28.3 Å². The van der Waals surface area contributed by atoms with Gasteiger partial charge in [-0.1, -0.05) is 11.3 Å². The predicted molar refractivity (Wildman–Crippen MR) is 90.6 cm³/mol. The van der Waals surface area contributed by atoms with Gasteiger partial charge in [0.05, 0.1) is 20.8 Å². The molecule has 1 amide bonds. The number of aromatic nitrogens is 1. The van der Waals surface area contributed by atoms with Crippen LogP contribution >= 0.6 is 11.3 Å². The summed E-state index contributed by atoms with van der Waals surface area (Å²) in [5.41, 5.74) is -1.30. The zero-order valence-corrected chi connectivity index (χ0v) is 15.3. The molecule has 0 radical (unpaired) electrons. The molecule has 27 heavy (non-hydrogen) atoms. The first-order valence-electron chi connectivity index (χ1n) is 7.49. The number of esters is 1. The molecule has 146 valence electrons. The number of alkyl halides is 3. The van der Waals surface area contributed by atoms with Crippen molar-refractivity contribution in [2.75, 3.05) is 26.1 Å². The Balaban J connectivity index is 2.31. The molecule has 0 saturated carbocycles. The van der Waals surface area contributed by atoms with Crippen molar-refractivity contribution in [2.24, 2.45) is 0 Å². The van der Waals surface area contributed by atoms with E-state index in [1.807, 2.05) is 0 Å². The van der Waals surface area contributed by atoms with Crippen molar-refractivity contribution < 1.29 is 37.0 Å². The summed E-state index contributed by atoms with van der Waals surface area (Å²) < 4.78 is 54.0. The highest BCUT2D eigenvalue weighted by Gasteiger charge is 2.40. The maximum atomic E-state index is 13.1. The lowest BCUT2D eigenvalue weighted by atomic mass is 10.2. The van der Waals surface area contributed by atoms with Gasteiger partial charge in [-0.05, 0) is 25.1 Å². The number of halogens is 3. The van der Waals surface area contributed by atoms with Gasteiger partial charge in [-0.15, -0.1) is 0 Å². The number of carbonyl (C=O) groups excluding carboxylic acids is 2. The Morgan fingerprint density at radius 2 is 1.85 bits per heavy atom. The molecule has 0 bridgehead atoms. The molecule has 2 rings (SSSR count). The van der Waals surface area contributed by atoms with Gasteiger partial charge >= 0.3 is 12.1 Å². The molecular weight excluding hydrogens is 389 g/mol. The summed E-state index contributed by atoms with van der Waals surface area (Å²) in [6.45, 7) is 1.37. The van der Waals surface area contributed by atoms with Crippen molar-refractivity contribution in [3.8, 4) is 11.5 Å². The van der Waals surface area contributed by atoms with Gasteiger partial charge in [0.15, 0.2) is 22.3 Å². The topological polar surface area (TPSA) is 86.8 Å². The largest absolute Gasteiger partial charge is 0.493 e. The van der Waals surface area contributed by atoms with Gasteiger partial charge in [0.1, 0.15) is 4.88 Å². The lowest BCUT2D eigenvalue weighted by Gasteiger charge is -2.09. The van der Waals surface area contributed by atoms with Crippen LogP contribution < -0.4 is 14.8 Å². The standard InChI is InChI=1S/C16H15F3N2O5S/c1-4-26-14(23)11-12(16(17,18)19)20-15(27-11)21-13(22)8-5-6-9(24-2)10(7-8)25-3/h5-7H,4H2,1-3H3,(H,20,21,22). The Kier molecular flexibility index (Phi) is 6.26. The van der Waals surface area contributed by atoms with E-state index in [1.54, 1.807) is 0 Å². The van der Waals surface area contributed by atoms with Crippen LogP contribution in [0.3, 0.4) is 0 Å². The molecule has 0 atom stereocenters. The molecule has 1 N–H and O–H groups in total. The minimum absolute atomic E-state index is 0.0959. The second kappa shape index (κ2) is 8.25. The van der Waals surface area contributed by atoms with Crippen molar-refractivity contribution in [3.63, 3.8) is 0 Å². The van der Waals surface area contributed by atoms with E-state index in [1.165, 1.54) is 39.3 Å². The number of nitrogens with one attached hydrogen (secondary N) is 1. The van der Waals surface area contributed by atoms with Gasteiger partial charge in [0, 0.05) is 5.56 Å². The van der Waals surface area contributed by atoms with Crippen LogP contribution in [-0.4, -0.2) is 37.7 Å². The third-order valence-corrected chi connectivity index (χ3v) is 4.17. The highest BCUT2D eigenvalue weighted by molar-refractivity contribution is 7.17. The van der Waals surface area contributed by atoms with Crippen LogP contribution in [0, 0.1) is 0 Å². The van der Waals surface area contributed by atoms with E-state index in [2.05, 4.69) is 15.0 Å². The molecule has 11 heteroatoms. The monoisotopic (exact) mass is 404 g/mol. The van der Waals surface area contributed by atoms with Crippen molar-refractivity contribution in [3.05, 3.63) is 34.3 Å². The van der Waals surface area contributed by atoms with Crippen LogP contribution in [0.25, 0.3) is 0 Å². The lowest BCUT2D eigenvalue weighted by Crippen LogP contribution is -2.14. The summed E-state index contributed by atoms with van der Waals surface area (Å²) in [7, 11) is 2.80. The summed E-state index contributed by atoms with van der Waals surface area (Å²) in [6.07, 6.45) is -4.87. The molecule has 7 nitrogen and oxygen atoms in total. The average Bonchev–Trinajstić information content (AvgIpc) is 3.05. The number of nitrogens with zero attached hydrogens (tertiary/aromatic N) is 1. The highest BCUT2D eigenvalue weighted by Crippen LogP contribution is 2.37. The Bertz CT molecular complexity index is 851. The van der Waals surface area contributed by atoms with Crippen LogP contribution in [0.15, 0.2) is 18.2 Å². The summed E-state index contributed by atoms with van der Waals surface area (Å²) in [6, 6.07) is 4.24. The van der Waals surface area contributed by atoms with Crippen molar-refractivity contribution in [1.82, 2.24) is 4.98 Å². The Hall–Kier alpha value is -2.82.